The Balaban J connectivity index is 1.58. The molecule has 1 aromatic heterocycles. The number of para-hydroxylation sites is 2. The number of nitrogens with one attached hydrogen (secondary N) is 1. The smallest absolute Gasteiger partial charge is 0.251 e. The van der Waals surface area contributed by atoms with Crippen LogP contribution in [0.25, 0.3) is 11.0 Å². The molecule has 28 heavy (non-hydrogen) atoms. The van der Waals surface area contributed by atoms with E-state index in [0.717, 1.165) is 30.7 Å². The Bertz CT molecular complexity index is 919. The second-order valence-electron chi connectivity index (χ2n) is 7.10. The average molecular weight is 398 g/mol. The van der Waals surface area contributed by atoms with Gasteiger partial charge < -0.3 is 9.88 Å². The van der Waals surface area contributed by atoms with Crippen LogP contribution < -0.4 is 5.32 Å². The van der Waals surface area contributed by atoms with E-state index in [4.69, 9.17) is 16.6 Å². The summed E-state index contributed by atoms with van der Waals surface area (Å²) in [5.41, 5.74) is 2.85. The first-order chi connectivity index (χ1) is 13.7. The van der Waals surface area contributed by atoms with Crippen molar-refractivity contribution >= 4 is 28.5 Å². The predicted molar refractivity (Wildman–Crippen MR) is 116 cm³/mol. The van der Waals surface area contributed by atoms with E-state index < -0.39 is 0 Å². The van der Waals surface area contributed by atoms with Gasteiger partial charge in [-0.1, -0.05) is 56.0 Å². The molecule has 0 aliphatic heterocycles. The zero-order chi connectivity index (χ0) is 19.8. The number of nitrogens with zero attached hydrogens (tertiary/aromatic N) is 2. The van der Waals surface area contributed by atoms with Crippen molar-refractivity contribution in [2.75, 3.05) is 6.54 Å². The number of halogens is 1. The maximum absolute atomic E-state index is 12.2. The Labute approximate surface area is 171 Å². The number of amides is 1. The molecule has 5 heteroatoms. The van der Waals surface area contributed by atoms with Gasteiger partial charge in [0, 0.05) is 30.1 Å². The summed E-state index contributed by atoms with van der Waals surface area (Å²) in [6.45, 7) is 3.85. The van der Waals surface area contributed by atoms with Crippen molar-refractivity contribution in [1.29, 1.82) is 0 Å². The number of aromatic nitrogens is 2. The Morgan fingerprint density at radius 2 is 1.93 bits per heavy atom. The number of carbonyl (C=O) groups is 1. The van der Waals surface area contributed by atoms with Gasteiger partial charge in [0.05, 0.1) is 11.0 Å². The monoisotopic (exact) mass is 397 g/mol. The maximum atomic E-state index is 12.2. The van der Waals surface area contributed by atoms with Crippen molar-refractivity contribution in [3.05, 3.63) is 64.9 Å². The van der Waals surface area contributed by atoms with Gasteiger partial charge in [0.1, 0.15) is 5.82 Å². The van der Waals surface area contributed by atoms with Crippen LogP contribution in [-0.4, -0.2) is 22.0 Å². The number of hydrogen-bond acceptors (Lipinski definition) is 2. The van der Waals surface area contributed by atoms with E-state index >= 15 is 0 Å². The second kappa shape index (κ2) is 10.3. The number of rotatable bonds is 10. The van der Waals surface area contributed by atoms with Crippen LogP contribution in [0.3, 0.4) is 0 Å². The van der Waals surface area contributed by atoms with Crippen LogP contribution in [0.4, 0.5) is 0 Å². The number of hydrogen-bond donors (Lipinski definition) is 1. The van der Waals surface area contributed by atoms with Gasteiger partial charge in [-0.05, 0) is 43.2 Å². The van der Waals surface area contributed by atoms with Crippen LogP contribution in [0, 0.1) is 0 Å². The molecule has 0 fully saturated rings. The highest BCUT2D eigenvalue weighted by molar-refractivity contribution is 6.30. The van der Waals surface area contributed by atoms with Gasteiger partial charge in [-0.3, -0.25) is 4.79 Å². The molecular formula is C23H28ClN3O. The van der Waals surface area contributed by atoms with E-state index in [0.29, 0.717) is 17.1 Å². The summed E-state index contributed by atoms with van der Waals surface area (Å²) in [5, 5.41) is 3.55. The molecule has 3 rings (SSSR count). The van der Waals surface area contributed by atoms with Gasteiger partial charge in [0.25, 0.3) is 5.91 Å². The van der Waals surface area contributed by atoms with Crippen molar-refractivity contribution in [3.8, 4) is 0 Å². The van der Waals surface area contributed by atoms with Crippen LogP contribution in [0.15, 0.2) is 48.5 Å². The second-order valence-corrected chi connectivity index (χ2v) is 7.54. The maximum Gasteiger partial charge on any atom is 0.251 e. The number of benzene rings is 2. The van der Waals surface area contributed by atoms with Crippen LogP contribution in [0.5, 0.6) is 0 Å². The van der Waals surface area contributed by atoms with Gasteiger partial charge in [-0.25, -0.2) is 4.98 Å². The number of carbonyl (C=O) groups excluding carboxylic acids is 1. The van der Waals surface area contributed by atoms with Crippen LogP contribution >= 0.6 is 11.6 Å². The van der Waals surface area contributed by atoms with Gasteiger partial charge >= 0.3 is 0 Å². The minimum absolute atomic E-state index is 0.0874. The molecule has 0 aliphatic rings. The molecule has 148 valence electrons. The zero-order valence-electron chi connectivity index (χ0n) is 16.5. The van der Waals surface area contributed by atoms with Crippen LogP contribution in [0.1, 0.15) is 55.2 Å². The molecule has 0 unspecified atom stereocenters. The fourth-order valence-electron chi connectivity index (χ4n) is 3.44. The first-order valence-electron chi connectivity index (χ1n) is 10.2. The number of imidazole rings is 1. The van der Waals surface area contributed by atoms with Gasteiger partial charge in [-0.15, -0.1) is 0 Å². The van der Waals surface area contributed by atoms with Crippen molar-refractivity contribution in [3.63, 3.8) is 0 Å². The van der Waals surface area contributed by atoms with Crippen molar-refractivity contribution in [2.45, 2.75) is 52.0 Å². The van der Waals surface area contributed by atoms with Crippen LogP contribution in [-0.2, 0) is 13.0 Å². The van der Waals surface area contributed by atoms with Crippen molar-refractivity contribution < 1.29 is 4.79 Å². The lowest BCUT2D eigenvalue weighted by Gasteiger charge is -2.10. The molecule has 4 nitrogen and oxygen atoms in total. The highest BCUT2D eigenvalue weighted by Crippen LogP contribution is 2.18. The summed E-state index contributed by atoms with van der Waals surface area (Å²) in [7, 11) is 0. The average Bonchev–Trinajstić information content (AvgIpc) is 3.06. The lowest BCUT2D eigenvalue weighted by molar-refractivity contribution is 0.0953. The Hall–Kier alpha value is -2.33. The number of fused-ring (bicyclic) bond motifs is 1. The number of aryl methyl sites for hydroxylation is 2. The van der Waals surface area contributed by atoms with E-state index in [9.17, 15) is 4.79 Å². The summed E-state index contributed by atoms with van der Waals surface area (Å²) in [4.78, 5) is 17.1. The van der Waals surface area contributed by atoms with E-state index in [2.05, 4.69) is 35.0 Å². The quantitative estimate of drug-likeness (QED) is 0.450. The van der Waals surface area contributed by atoms with E-state index in [-0.39, 0.29) is 5.91 Å². The third-order valence-corrected chi connectivity index (χ3v) is 5.15. The Morgan fingerprint density at radius 1 is 1.07 bits per heavy atom. The molecule has 1 N–H and O–H groups in total. The summed E-state index contributed by atoms with van der Waals surface area (Å²) >= 11 is 5.96. The first-order valence-corrected chi connectivity index (χ1v) is 10.5. The Kier molecular flexibility index (Phi) is 7.49. The topological polar surface area (TPSA) is 46.9 Å². The molecule has 0 atom stereocenters. The highest BCUT2D eigenvalue weighted by Gasteiger charge is 2.11. The minimum atomic E-state index is -0.0874. The third kappa shape index (κ3) is 5.35. The lowest BCUT2D eigenvalue weighted by atomic mass is 10.2. The van der Waals surface area contributed by atoms with Gasteiger partial charge in [-0.2, -0.15) is 0 Å². The van der Waals surface area contributed by atoms with Gasteiger partial charge in [0.2, 0.25) is 0 Å². The van der Waals surface area contributed by atoms with Crippen molar-refractivity contribution in [1.82, 2.24) is 14.9 Å². The molecule has 0 bridgehead atoms. The predicted octanol–water partition coefficient (Wildman–Crippen LogP) is 5.63. The first kappa shape index (κ1) is 20.4. The molecule has 0 radical (unpaired) electrons. The zero-order valence-corrected chi connectivity index (χ0v) is 17.2. The summed E-state index contributed by atoms with van der Waals surface area (Å²) in [6.07, 6.45) is 6.63. The largest absolute Gasteiger partial charge is 0.352 e. The normalized spacial score (nSPS) is 11.1. The molecule has 2 aromatic carbocycles. The fourth-order valence-corrected chi connectivity index (χ4v) is 3.63. The van der Waals surface area contributed by atoms with Gasteiger partial charge in [0.15, 0.2) is 0 Å². The molecule has 0 aliphatic carbocycles. The van der Waals surface area contributed by atoms with Crippen LogP contribution in [0.2, 0.25) is 5.02 Å². The lowest BCUT2D eigenvalue weighted by Crippen LogP contribution is -2.25. The molecule has 0 saturated carbocycles. The van der Waals surface area contributed by atoms with E-state index in [1.54, 1.807) is 24.3 Å². The Morgan fingerprint density at radius 3 is 2.75 bits per heavy atom. The molecular weight excluding hydrogens is 370 g/mol. The number of unbranched alkanes of at least 4 members (excludes halogenated alkanes) is 3. The van der Waals surface area contributed by atoms with E-state index in [1.807, 2.05) is 6.07 Å². The summed E-state index contributed by atoms with van der Waals surface area (Å²) < 4.78 is 2.35. The molecule has 0 spiro atoms. The molecule has 3 aromatic rings. The van der Waals surface area contributed by atoms with E-state index in [1.165, 1.54) is 31.2 Å². The molecule has 1 amide bonds. The van der Waals surface area contributed by atoms with Crippen molar-refractivity contribution in [2.24, 2.45) is 0 Å². The minimum Gasteiger partial charge on any atom is -0.352 e. The summed E-state index contributed by atoms with van der Waals surface area (Å²) in [5.74, 6) is 1.02. The molecule has 1 heterocycles. The standard InChI is InChI=1S/C23H28ClN3O/c1-2-3-4-7-16-27-21-13-6-5-12-20(21)26-22(27)14-9-15-25-23(28)18-10-8-11-19(24)17-18/h5-6,8,10-13,17H,2-4,7,9,14-16H2,1H3,(H,25,28). The highest BCUT2D eigenvalue weighted by atomic mass is 35.5. The third-order valence-electron chi connectivity index (χ3n) is 4.92. The fraction of sp³-hybridized carbons (Fsp3) is 0.391. The summed E-state index contributed by atoms with van der Waals surface area (Å²) in [6, 6.07) is 15.3. The molecule has 0 saturated heterocycles. The SMILES string of the molecule is CCCCCCn1c(CCCNC(=O)c2cccc(Cl)c2)nc2ccccc21.